The first kappa shape index (κ1) is 10.5. The summed E-state index contributed by atoms with van der Waals surface area (Å²) in [6.45, 7) is -0.140. The summed E-state index contributed by atoms with van der Waals surface area (Å²) in [5.74, 6) is 0. The van der Waals surface area contributed by atoms with E-state index in [-0.39, 0.29) is 0 Å². The average Bonchev–Trinajstić information content (AvgIpc) is 2.62. The second-order valence-corrected chi connectivity index (χ2v) is 8.69. The molecule has 0 aliphatic heterocycles. The van der Waals surface area contributed by atoms with Gasteiger partial charge in [-0.2, -0.15) is 0 Å². The minimum atomic E-state index is -2.89. The van der Waals surface area contributed by atoms with E-state index < -0.39 is 14.5 Å². The maximum Gasteiger partial charge on any atom is 0.114 e. The second kappa shape index (κ2) is 5.66. The molecule has 0 fully saturated rings. The lowest BCUT2D eigenvalue weighted by atomic mass is 10.1. The normalized spacial score (nSPS) is 16.3. The molecule has 3 aromatic rings. The fraction of sp³-hybridized carbons (Fsp3) is 0.105. The first-order chi connectivity index (χ1) is 11.4. The Bertz CT molecular complexity index is 802. The first-order valence-corrected chi connectivity index (χ1v) is 9.50. The van der Waals surface area contributed by atoms with Crippen molar-refractivity contribution < 1.29 is 4.11 Å². The van der Waals surface area contributed by atoms with Crippen LogP contribution >= 0.6 is 0 Å². The van der Waals surface area contributed by atoms with Crippen molar-refractivity contribution in [3.63, 3.8) is 0 Å². The minimum Gasteiger partial charge on any atom is -0.256 e. The highest BCUT2D eigenvalue weighted by atomic mass is 28.3. The van der Waals surface area contributed by atoms with Crippen LogP contribution in [0.5, 0.6) is 0 Å². The van der Waals surface area contributed by atoms with Crippen LogP contribution in [0.3, 0.4) is 0 Å². The second-order valence-electron chi connectivity index (χ2n) is 5.29. The molecule has 1 heterocycles. The smallest absolute Gasteiger partial charge is 0.114 e. The van der Waals surface area contributed by atoms with Gasteiger partial charge in [0.1, 0.15) is 8.07 Å². The van der Waals surface area contributed by atoms with Crippen molar-refractivity contribution in [3.8, 4) is 11.3 Å². The van der Waals surface area contributed by atoms with E-state index in [1.165, 1.54) is 0 Å². The Hall–Kier alpha value is -2.19. The summed E-state index contributed by atoms with van der Waals surface area (Å²) < 4.78 is 24.4. The molecule has 2 aromatic carbocycles. The van der Waals surface area contributed by atoms with Crippen LogP contribution in [0.15, 0.2) is 79.0 Å². The van der Waals surface area contributed by atoms with Crippen molar-refractivity contribution in [2.24, 2.45) is 0 Å². The predicted octanol–water partition coefficient (Wildman–Crippen LogP) is 3.57. The summed E-state index contributed by atoms with van der Waals surface area (Å²) in [4.78, 5) is 4.54. The molecule has 1 atom stereocenters. The number of hydrogen-bond donors (Lipinski definition) is 0. The number of nitrogens with zero attached hydrogens (tertiary/aromatic N) is 1. The van der Waals surface area contributed by atoms with E-state index in [1.807, 2.05) is 79.3 Å². The third kappa shape index (κ3) is 2.81. The molecule has 0 spiro atoms. The van der Waals surface area contributed by atoms with Crippen LogP contribution in [-0.4, -0.2) is 13.1 Å². The Morgan fingerprint density at radius 1 is 0.810 bits per heavy atom. The molecule has 0 radical (unpaired) electrons. The molecule has 0 aliphatic rings. The Morgan fingerprint density at radius 2 is 1.48 bits per heavy atom. The van der Waals surface area contributed by atoms with Gasteiger partial charge in [-0.3, -0.25) is 4.98 Å². The van der Waals surface area contributed by atoms with E-state index in [0.717, 1.165) is 21.6 Å². The molecule has 0 amide bonds. The number of benzene rings is 2. The summed E-state index contributed by atoms with van der Waals surface area (Å²) in [7, 11) is -2.89. The van der Waals surface area contributed by atoms with Crippen molar-refractivity contribution in [2.75, 3.05) is 0 Å². The van der Waals surface area contributed by atoms with Crippen LogP contribution in [0.4, 0.5) is 0 Å². The fourth-order valence-electron chi connectivity index (χ4n) is 2.41. The molecular formula is C19H19NSi. The molecule has 0 aliphatic carbocycles. The first-order valence-electron chi connectivity index (χ1n) is 8.50. The Labute approximate surface area is 131 Å². The SMILES string of the molecule is [2H]C([2H])([2H])[Si](C)(c1ccccc1)c1ccc(-c2ccccc2)nc1. The summed E-state index contributed by atoms with van der Waals surface area (Å²) in [5.41, 5.74) is 1.88. The van der Waals surface area contributed by atoms with Crippen LogP contribution < -0.4 is 10.4 Å². The van der Waals surface area contributed by atoms with Crippen LogP contribution in [0.25, 0.3) is 11.3 Å². The van der Waals surface area contributed by atoms with Gasteiger partial charge >= 0.3 is 0 Å². The highest BCUT2D eigenvalue weighted by Crippen LogP contribution is 2.15. The highest BCUT2D eigenvalue weighted by molar-refractivity contribution is 7.00. The van der Waals surface area contributed by atoms with Gasteiger partial charge in [0.15, 0.2) is 0 Å². The largest absolute Gasteiger partial charge is 0.256 e. The van der Waals surface area contributed by atoms with Crippen LogP contribution in [0, 0.1) is 0 Å². The van der Waals surface area contributed by atoms with E-state index in [2.05, 4.69) is 4.98 Å². The van der Waals surface area contributed by atoms with Crippen molar-refractivity contribution in [3.05, 3.63) is 79.0 Å². The number of pyridine rings is 1. The molecular weight excluding hydrogens is 270 g/mol. The van der Waals surface area contributed by atoms with Gasteiger partial charge < -0.3 is 0 Å². The predicted molar refractivity (Wildman–Crippen MR) is 92.9 cm³/mol. The van der Waals surface area contributed by atoms with E-state index in [1.54, 1.807) is 6.20 Å². The molecule has 21 heavy (non-hydrogen) atoms. The van der Waals surface area contributed by atoms with Crippen molar-refractivity contribution >= 4 is 18.4 Å². The van der Waals surface area contributed by atoms with Crippen LogP contribution in [0.2, 0.25) is 13.0 Å². The molecule has 3 rings (SSSR count). The zero-order valence-electron chi connectivity index (χ0n) is 15.0. The summed E-state index contributed by atoms with van der Waals surface area (Å²) in [6, 6.07) is 23.3. The van der Waals surface area contributed by atoms with Crippen molar-refractivity contribution in [2.45, 2.75) is 13.0 Å². The van der Waals surface area contributed by atoms with Gasteiger partial charge in [-0.25, -0.2) is 0 Å². The summed E-state index contributed by atoms with van der Waals surface area (Å²) >= 11 is 0. The Balaban J connectivity index is 2.07. The zero-order chi connectivity index (χ0) is 17.2. The number of rotatable bonds is 3. The summed E-state index contributed by atoms with van der Waals surface area (Å²) in [5, 5.41) is 1.73. The van der Waals surface area contributed by atoms with Gasteiger partial charge in [0.2, 0.25) is 0 Å². The molecule has 1 aromatic heterocycles. The number of hydrogen-bond acceptors (Lipinski definition) is 1. The van der Waals surface area contributed by atoms with Gasteiger partial charge in [0.05, 0.1) is 5.69 Å². The molecule has 1 unspecified atom stereocenters. The van der Waals surface area contributed by atoms with Gasteiger partial charge in [0.25, 0.3) is 0 Å². The van der Waals surface area contributed by atoms with E-state index in [4.69, 9.17) is 4.11 Å². The fourth-order valence-corrected chi connectivity index (χ4v) is 4.34. The lowest BCUT2D eigenvalue weighted by Gasteiger charge is -2.23. The molecule has 0 bridgehead atoms. The maximum atomic E-state index is 8.15. The van der Waals surface area contributed by atoms with Crippen LogP contribution in [0.1, 0.15) is 4.11 Å². The Kier molecular flexibility index (Phi) is 2.84. The molecule has 2 heteroatoms. The van der Waals surface area contributed by atoms with Crippen molar-refractivity contribution in [1.82, 2.24) is 4.98 Å². The standard InChI is InChI=1S/C19H19NSi/c1-21(2,17-11-7-4-8-12-17)18-13-14-19(20-15-18)16-9-5-3-6-10-16/h3-15H,1-2H3/i1D3. The quantitative estimate of drug-likeness (QED) is 0.673. The van der Waals surface area contributed by atoms with Crippen LogP contribution in [-0.2, 0) is 0 Å². The molecule has 1 nitrogen and oxygen atoms in total. The lowest BCUT2D eigenvalue weighted by Crippen LogP contribution is -2.52. The zero-order valence-corrected chi connectivity index (χ0v) is 13.0. The molecule has 0 N–H and O–H groups in total. The topological polar surface area (TPSA) is 12.9 Å². The summed E-state index contributed by atoms with van der Waals surface area (Å²) in [6.07, 6.45) is 1.74. The third-order valence-electron chi connectivity index (χ3n) is 3.76. The molecule has 104 valence electrons. The molecule has 0 saturated heterocycles. The molecule has 0 saturated carbocycles. The van der Waals surface area contributed by atoms with E-state index in [0.29, 0.717) is 0 Å². The third-order valence-corrected chi connectivity index (χ3v) is 6.70. The lowest BCUT2D eigenvalue weighted by molar-refractivity contribution is 1.34. The maximum absolute atomic E-state index is 8.15. The monoisotopic (exact) mass is 292 g/mol. The highest BCUT2D eigenvalue weighted by Gasteiger charge is 2.25. The Morgan fingerprint density at radius 3 is 2.05 bits per heavy atom. The van der Waals surface area contributed by atoms with Gasteiger partial charge in [-0.05, 0) is 11.3 Å². The average molecular weight is 292 g/mol. The van der Waals surface area contributed by atoms with Crippen molar-refractivity contribution in [1.29, 1.82) is 0 Å². The minimum absolute atomic E-state index is 0.827. The van der Waals surface area contributed by atoms with Gasteiger partial charge in [0, 0.05) is 15.9 Å². The van der Waals surface area contributed by atoms with Gasteiger partial charge in [-0.15, -0.1) is 0 Å². The van der Waals surface area contributed by atoms with E-state index >= 15 is 0 Å². The van der Waals surface area contributed by atoms with Gasteiger partial charge in [-0.1, -0.05) is 84.9 Å². The van der Waals surface area contributed by atoms with E-state index in [9.17, 15) is 0 Å². The number of aromatic nitrogens is 1.